The Labute approximate surface area is 145 Å². The standard InChI is InChI=1S/C14H24O4.2Li/c1-3-10(4-2)14(12(15)16,13(17)18)11-8-6-5-7-9-11;;/h10-11H,3-9H2,1-2H3,(H,15,16)(H,17,18);;/q;2*+1/p-2. The SMILES string of the molecule is CCC(CC)C(C(=O)[O-])(C(=O)[O-])C1CCCCC1.[Li+].[Li+]. The molecule has 1 saturated carbocycles. The van der Waals surface area contributed by atoms with Crippen LogP contribution in [-0.2, 0) is 9.59 Å². The first-order valence-electron chi connectivity index (χ1n) is 6.94. The number of aliphatic carboxylic acids is 2. The minimum absolute atomic E-state index is 0. The predicted octanol–water partition coefficient (Wildman–Crippen LogP) is -5.50. The van der Waals surface area contributed by atoms with Crippen LogP contribution in [0.3, 0.4) is 0 Å². The number of hydrogen-bond acceptors (Lipinski definition) is 4. The Morgan fingerprint density at radius 1 is 1.00 bits per heavy atom. The van der Waals surface area contributed by atoms with Crippen molar-refractivity contribution in [3.8, 4) is 0 Å². The van der Waals surface area contributed by atoms with Crippen molar-refractivity contribution in [3.63, 3.8) is 0 Å². The number of carbonyl (C=O) groups excluding carboxylic acids is 2. The van der Waals surface area contributed by atoms with Gasteiger partial charge in [-0.2, -0.15) is 0 Å². The molecule has 0 atom stereocenters. The molecule has 1 fully saturated rings. The molecule has 0 heterocycles. The van der Waals surface area contributed by atoms with E-state index in [1.165, 1.54) is 0 Å². The summed E-state index contributed by atoms with van der Waals surface area (Å²) in [6.45, 7) is 3.66. The van der Waals surface area contributed by atoms with E-state index in [1.807, 2.05) is 13.8 Å². The van der Waals surface area contributed by atoms with Crippen molar-refractivity contribution >= 4 is 11.9 Å². The van der Waals surface area contributed by atoms with Crippen LogP contribution in [0, 0.1) is 17.3 Å². The van der Waals surface area contributed by atoms with Crippen molar-refractivity contribution in [2.24, 2.45) is 17.3 Å². The van der Waals surface area contributed by atoms with E-state index in [2.05, 4.69) is 0 Å². The Balaban J connectivity index is 0. The fourth-order valence-corrected chi connectivity index (χ4v) is 3.57. The normalized spacial score (nSPS) is 16.1. The third-order valence-corrected chi connectivity index (χ3v) is 4.55. The Kier molecular flexibility index (Phi) is 11.2. The van der Waals surface area contributed by atoms with Crippen LogP contribution in [0.15, 0.2) is 0 Å². The topological polar surface area (TPSA) is 80.3 Å². The molecule has 0 aromatic heterocycles. The molecule has 6 heteroatoms. The van der Waals surface area contributed by atoms with Gasteiger partial charge < -0.3 is 19.8 Å². The van der Waals surface area contributed by atoms with Crippen molar-refractivity contribution in [3.05, 3.63) is 0 Å². The first-order chi connectivity index (χ1) is 8.51. The quantitative estimate of drug-likeness (QED) is 0.355. The second-order valence-corrected chi connectivity index (χ2v) is 5.29. The summed E-state index contributed by atoms with van der Waals surface area (Å²) in [7, 11) is 0. The summed E-state index contributed by atoms with van der Waals surface area (Å²) < 4.78 is 0. The van der Waals surface area contributed by atoms with Crippen LogP contribution in [0.5, 0.6) is 0 Å². The summed E-state index contributed by atoms with van der Waals surface area (Å²) in [6, 6.07) is 0. The molecule has 0 radical (unpaired) electrons. The van der Waals surface area contributed by atoms with Gasteiger partial charge in [-0.25, -0.2) is 0 Å². The molecule has 0 amide bonds. The fraction of sp³-hybridized carbons (Fsp3) is 0.857. The van der Waals surface area contributed by atoms with E-state index < -0.39 is 23.3 Å². The van der Waals surface area contributed by atoms with E-state index in [1.54, 1.807) is 0 Å². The zero-order valence-electron chi connectivity index (χ0n) is 13.2. The molecule has 0 unspecified atom stereocenters. The smallest absolute Gasteiger partial charge is 0.549 e. The van der Waals surface area contributed by atoms with Crippen LogP contribution in [0.25, 0.3) is 0 Å². The number of carbonyl (C=O) groups is 2. The third kappa shape index (κ3) is 4.08. The minimum atomic E-state index is -1.80. The number of carboxylic acid groups (broad SMARTS) is 2. The molecule has 1 aliphatic carbocycles. The molecular weight excluding hydrogens is 246 g/mol. The van der Waals surface area contributed by atoms with Gasteiger partial charge >= 0.3 is 37.7 Å². The Bertz CT molecular complexity index is 296. The summed E-state index contributed by atoms with van der Waals surface area (Å²) in [6.07, 6.45) is 5.19. The van der Waals surface area contributed by atoms with Gasteiger partial charge in [-0.1, -0.05) is 46.0 Å². The Morgan fingerprint density at radius 2 is 1.40 bits per heavy atom. The molecule has 1 rings (SSSR count). The summed E-state index contributed by atoms with van der Waals surface area (Å²) in [5.74, 6) is -3.66. The van der Waals surface area contributed by atoms with Crippen LogP contribution < -0.4 is 47.9 Å². The molecular formula is C14H22Li2O4. The van der Waals surface area contributed by atoms with Gasteiger partial charge in [0.25, 0.3) is 0 Å². The van der Waals surface area contributed by atoms with Crippen molar-refractivity contribution in [2.45, 2.75) is 58.8 Å². The zero-order chi connectivity index (χ0) is 13.8. The summed E-state index contributed by atoms with van der Waals surface area (Å²) in [5.41, 5.74) is -1.80. The van der Waals surface area contributed by atoms with Crippen LogP contribution in [0.4, 0.5) is 0 Å². The molecule has 104 valence electrons. The second kappa shape index (κ2) is 9.96. The monoisotopic (exact) mass is 268 g/mol. The number of rotatable bonds is 6. The van der Waals surface area contributed by atoms with Crippen LogP contribution >= 0.6 is 0 Å². The Hall–Kier alpha value is 0.135. The van der Waals surface area contributed by atoms with Crippen molar-refractivity contribution in [1.29, 1.82) is 0 Å². The first kappa shape index (κ1) is 22.4. The molecule has 0 saturated heterocycles. The predicted molar refractivity (Wildman–Crippen MR) is 63.1 cm³/mol. The minimum Gasteiger partial charge on any atom is -0.549 e. The molecule has 0 aromatic rings. The molecule has 4 nitrogen and oxygen atoms in total. The molecule has 0 N–H and O–H groups in total. The van der Waals surface area contributed by atoms with Gasteiger partial charge in [-0.3, -0.25) is 0 Å². The maximum absolute atomic E-state index is 11.6. The Morgan fingerprint density at radius 3 is 1.70 bits per heavy atom. The summed E-state index contributed by atoms with van der Waals surface area (Å²) >= 11 is 0. The molecule has 0 aliphatic heterocycles. The molecule has 1 aliphatic rings. The fourth-order valence-electron chi connectivity index (χ4n) is 3.57. The molecule has 0 spiro atoms. The van der Waals surface area contributed by atoms with Gasteiger partial charge in [0, 0.05) is 0 Å². The van der Waals surface area contributed by atoms with Gasteiger partial charge in [-0.05, 0) is 24.7 Å². The largest absolute Gasteiger partial charge is 1.00 e. The van der Waals surface area contributed by atoms with Crippen molar-refractivity contribution in [2.75, 3.05) is 0 Å². The average Bonchev–Trinajstić information content (AvgIpc) is 2.35. The maximum atomic E-state index is 11.6. The van der Waals surface area contributed by atoms with E-state index in [-0.39, 0.29) is 43.6 Å². The van der Waals surface area contributed by atoms with E-state index in [9.17, 15) is 19.8 Å². The second-order valence-electron chi connectivity index (χ2n) is 5.29. The van der Waals surface area contributed by atoms with Gasteiger partial charge in [0.15, 0.2) is 0 Å². The van der Waals surface area contributed by atoms with Gasteiger partial charge in [-0.15, -0.1) is 0 Å². The van der Waals surface area contributed by atoms with Crippen molar-refractivity contribution < 1.29 is 57.5 Å². The van der Waals surface area contributed by atoms with Gasteiger partial charge in [0.2, 0.25) is 0 Å². The van der Waals surface area contributed by atoms with Crippen LogP contribution in [0.1, 0.15) is 58.8 Å². The van der Waals surface area contributed by atoms with Crippen LogP contribution in [-0.4, -0.2) is 11.9 Å². The summed E-state index contributed by atoms with van der Waals surface area (Å²) in [5, 5.41) is 23.2. The zero-order valence-corrected chi connectivity index (χ0v) is 13.2. The van der Waals surface area contributed by atoms with Crippen LogP contribution in [0.2, 0.25) is 0 Å². The molecule has 0 aromatic carbocycles. The third-order valence-electron chi connectivity index (χ3n) is 4.55. The molecule has 20 heavy (non-hydrogen) atoms. The van der Waals surface area contributed by atoms with Gasteiger partial charge in [0.05, 0.1) is 17.4 Å². The molecule has 0 bridgehead atoms. The summed E-state index contributed by atoms with van der Waals surface area (Å²) in [4.78, 5) is 23.2. The van der Waals surface area contributed by atoms with E-state index >= 15 is 0 Å². The number of carboxylic acids is 2. The number of hydrogen-bond donors (Lipinski definition) is 0. The van der Waals surface area contributed by atoms with E-state index in [4.69, 9.17) is 0 Å². The van der Waals surface area contributed by atoms with E-state index in [0.29, 0.717) is 25.7 Å². The van der Waals surface area contributed by atoms with Gasteiger partial charge in [0.1, 0.15) is 0 Å². The van der Waals surface area contributed by atoms with E-state index in [0.717, 1.165) is 19.3 Å². The maximum Gasteiger partial charge on any atom is 1.00 e. The average molecular weight is 268 g/mol. The first-order valence-corrected chi connectivity index (χ1v) is 6.94. The van der Waals surface area contributed by atoms with Crippen molar-refractivity contribution in [1.82, 2.24) is 0 Å².